The van der Waals surface area contributed by atoms with E-state index in [0.29, 0.717) is 23.7 Å². The van der Waals surface area contributed by atoms with Crippen LogP contribution in [0, 0.1) is 45.3 Å². The number of allylic oxidation sites excluding steroid dienone is 2. The van der Waals surface area contributed by atoms with E-state index < -0.39 is 11.3 Å². The number of fused-ring (bicyclic) bond motifs is 1. The summed E-state index contributed by atoms with van der Waals surface area (Å²) in [6.45, 7) is 1.30. The molecule has 3 rings (SSSR count). The van der Waals surface area contributed by atoms with Gasteiger partial charge in [-0.2, -0.15) is 15.8 Å². The van der Waals surface area contributed by atoms with Crippen molar-refractivity contribution in [2.24, 2.45) is 17.1 Å². The molecule has 1 aromatic rings. The van der Waals surface area contributed by atoms with Crippen LogP contribution in [0.5, 0.6) is 0 Å². The number of hydrogen-bond donors (Lipinski definition) is 1. The molecule has 0 bridgehead atoms. The van der Waals surface area contributed by atoms with Gasteiger partial charge in [0, 0.05) is 29.9 Å². The maximum absolute atomic E-state index is 9.93. The predicted octanol–water partition coefficient (Wildman–Crippen LogP) is 2.70. The van der Waals surface area contributed by atoms with E-state index in [2.05, 4.69) is 23.1 Å². The number of nitrogens with zero attached hydrogens (tertiary/aromatic N) is 4. The summed E-state index contributed by atoms with van der Waals surface area (Å²) in [5.41, 5.74) is 6.39. The molecular formula is C19H16ClN5. The molecule has 1 heterocycles. The lowest BCUT2D eigenvalue weighted by Gasteiger charge is -2.45. The summed E-state index contributed by atoms with van der Waals surface area (Å²) < 4.78 is 0. The third-order valence-corrected chi connectivity index (χ3v) is 5.43. The van der Waals surface area contributed by atoms with Crippen molar-refractivity contribution in [3.63, 3.8) is 0 Å². The van der Waals surface area contributed by atoms with Gasteiger partial charge in [0.2, 0.25) is 0 Å². The molecule has 2 aliphatic rings. The molecule has 0 unspecified atom stereocenters. The maximum Gasteiger partial charge on any atom is 0.191 e. The number of nitriles is 3. The van der Waals surface area contributed by atoms with Gasteiger partial charge in [0.25, 0.3) is 0 Å². The van der Waals surface area contributed by atoms with Crippen LogP contribution in [0.2, 0.25) is 5.02 Å². The average Bonchev–Trinajstić information content (AvgIpc) is 2.62. The Bertz CT molecular complexity index is 895. The Morgan fingerprint density at radius 1 is 1.24 bits per heavy atom. The summed E-state index contributed by atoms with van der Waals surface area (Å²) in [5, 5.41) is 30.0. The van der Waals surface area contributed by atoms with Gasteiger partial charge in [-0.3, -0.25) is 0 Å². The summed E-state index contributed by atoms with van der Waals surface area (Å²) in [7, 11) is 1.96. The van der Waals surface area contributed by atoms with E-state index in [1.54, 1.807) is 12.1 Å². The van der Waals surface area contributed by atoms with Crippen LogP contribution in [0.25, 0.3) is 0 Å². The lowest BCUT2D eigenvalue weighted by molar-refractivity contribution is 0.238. The van der Waals surface area contributed by atoms with E-state index in [-0.39, 0.29) is 17.2 Å². The van der Waals surface area contributed by atoms with E-state index in [4.69, 9.17) is 17.3 Å². The Morgan fingerprint density at radius 3 is 2.52 bits per heavy atom. The zero-order chi connectivity index (χ0) is 18.2. The number of hydrogen-bond acceptors (Lipinski definition) is 5. The predicted molar refractivity (Wildman–Crippen MR) is 93.7 cm³/mol. The minimum atomic E-state index is -1.63. The summed E-state index contributed by atoms with van der Waals surface area (Å²) in [6, 6.07) is 13.5. The molecule has 0 radical (unpaired) electrons. The second-order valence-electron chi connectivity index (χ2n) is 6.42. The van der Waals surface area contributed by atoms with Crippen LogP contribution < -0.4 is 5.73 Å². The highest BCUT2D eigenvalue weighted by Gasteiger charge is 2.54. The Hall–Kier alpha value is -2.78. The number of benzene rings is 1. The molecule has 2 atom stereocenters. The van der Waals surface area contributed by atoms with Gasteiger partial charge >= 0.3 is 0 Å². The molecule has 124 valence electrons. The van der Waals surface area contributed by atoms with E-state index in [1.165, 1.54) is 0 Å². The number of rotatable bonds is 1. The molecule has 1 aliphatic carbocycles. The van der Waals surface area contributed by atoms with Gasteiger partial charge in [-0.1, -0.05) is 35.9 Å². The number of halogens is 1. The Kier molecular flexibility index (Phi) is 4.27. The van der Waals surface area contributed by atoms with Crippen molar-refractivity contribution in [2.75, 3.05) is 20.1 Å². The highest BCUT2D eigenvalue weighted by molar-refractivity contribution is 6.31. The molecule has 0 spiro atoms. The first kappa shape index (κ1) is 17.1. The molecule has 1 aromatic carbocycles. The fraction of sp³-hybridized carbons (Fsp3) is 0.316. The second kappa shape index (κ2) is 6.26. The molecule has 0 saturated heterocycles. The van der Waals surface area contributed by atoms with Crippen molar-refractivity contribution in [3.8, 4) is 18.2 Å². The van der Waals surface area contributed by atoms with Gasteiger partial charge in [-0.05, 0) is 24.3 Å². The molecule has 0 aromatic heterocycles. The van der Waals surface area contributed by atoms with Gasteiger partial charge in [0.15, 0.2) is 5.41 Å². The van der Waals surface area contributed by atoms with E-state index >= 15 is 0 Å². The molecule has 0 saturated carbocycles. The minimum Gasteiger partial charge on any atom is -0.399 e. The summed E-state index contributed by atoms with van der Waals surface area (Å²) in [6.07, 6.45) is 1.96. The molecule has 0 fully saturated rings. The third kappa shape index (κ3) is 2.39. The molecule has 2 N–H and O–H groups in total. The van der Waals surface area contributed by atoms with Gasteiger partial charge in [-0.15, -0.1) is 0 Å². The maximum atomic E-state index is 9.93. The lowest BCUT2D eigenvalue weighted by atomic mass is 9.58. The van der Waals surface area contributed by atoms with Gasteiger partial charge in [0.1, 0.15) is 6.07 Å². The topological polar surface area (TPSA) is 101 Å². The van der Waals surface area contributed by atoms with E-state index in [0.717, 1.165) is 5.57 Å². The Morgan fingerprint density at radius 2 is 1.92 bits per heavy atom. The molecule has 5 nitrogen and oxygen atoms in total. The smallest absolute Gasteiger partial charge is 0.191 e. The SMILES string of the molecule is CN1CC=C2C(C#N)=C(N)C(C#N)(C#N)[C@@H](c3ccccc3Cl)[C@@H]2C1. The molecular weight excluding hydrogens is 334 g/mol. The molecule has 0 amide bonds. The normalized spacial score (nSPS) is 25.2. The number of likely N-dealkylation sites (N-methyl/N-ethyl adjacent to an activating group) is 1. The highest BCUT2D eigenvalue weighted by atomic mass is 35.5. The van der Waals surface area contributed by atoms with Gasteiger partial charge < -0.3 is 10.6 Å². The summed E-state index contributed by atoms with van der Waals surface area (Å²) in [4.78, 5) is 2.09. The number of nitrogens with two attached hydrogens (primary N) is 1. The summed E-state index contributed by atoms with van der Waals surface area (Å²) in [5.74, 6) is -0.748. The van der Waals surface area contributed by atoms with Crippen molar-refractivity contribution in [3.05, 3.63) is 57.8 Å². The lowest BCUT2D eigenvalue weighted by Crippen LogP contribution is -2.47. The third-order valence-electron chi connectivity index (χ3n) is 5.09. The Labute approximate surface area is 151 Å². The van der Waals surface area contributed by atoms with Gasteiger partial charge in [0.05, 0.1) is 23.4 Å². The fourth-order valence-corrected chi connectivity index (χ4v) is 4.15. The van der Waals surface area contributed by atoms with Crippen molar-refractivity contribution < 1.29 is 0 Å². The minimum absolute atomic E-state index is 0.0250. The first-order valence-electron chi connectivity index (χ1n) is 7.86. The standard InChI is InChI=1S/C19H16ClN5/c1-25-7-6-12-14(8-21)18(24)19(10-22,11-23)17(15(12)9-25)13-4-2-3-5-16(13)20/h2-6,15,17H,7,9,24H2,1H3/t15-,17+/m1/s1. The Balaban J connectivity index is 2.37. The average molecular weight is 350 g/mol. The van der Waals surface area contributed by atoms with Crippen molar-refractivity contribution >= 4 is 11.6 Å². The van der Waals surface area contributed by atoms with Crippen LogP contribution in [0.3, 0.4) is 0 Å². The van der Waals surface area contributed by atoms with Crippen LogP contribution >= 0.6 is 11.6 Å². The summed E-state index contributed by atoms with van der Waals surface area (Å²) >= 11 is 6.41. The monoisotopic (exact) mass is 349 g/mol. The van der Waals surface area contributed by atoms with E-state index in [9.17, 15) is 15.8 Å². The van der Waals surface area contributed by atoms with Crippen molar-refractivity contribution in [1.82, 2.24) is 4.90 Å². The van der Waals surface area contributed by atoms with Crippen molar-refractivity contribution in [1.29, 1.82) is 15.8 Å². The zero-order valence-electron chi connectivity index (χ0n) is 13.7. The first-order chi connectivity index (χ1) is 12.0. The quantitative estimate of drug-likeness (QED) is 0.840. The zero-order valence-corrected chi connectivity index (χ0v) is 14.5. The fourth-order valence-electron chi connectivity index (χ4n) is 3.90. The van der Waals surface area contributed by atoms with Crippen molar-refractivity contribution in [2.45, 2.75) is 5.92 Å². The van der Waals surface area contributed by atoms with Crippen LogP contribution in [-0.2, 0) is 0 Å². The van der Waals surface area contributed by atoms with Crippen LogP contribution in [0.1, 0.15) is 11.5 Å². The molecule has 6 heteroatoms. The van der Waals surface area contributed by atoms with Crippen LogP contribution in [0.4, 0.5) is 0 Å². The largest absolute Gasteiger partial charge is 0.399 e. The van der Waals surface area contributed by atoms with Crippen LogP contribution in [-0.4, -0.2) is 25.0 Å². The molecule has 1 aliphatic heterocycles. The highest BCUT2D eigenvalue weighted by Crippen LogP contribution is 2.55. The second-order valence-corrected chi connectivity index (χ2v) is 6.83. The molecule has 25 heavy (non-hydrogen) atoms. The first-order valence-corrected chi connectivity index (χ1v) is 8.24. The van der Waals surface area contributed by atoms with Gasteiger partial charge in [-0.25, -0.2) is 0 Å². The van der Waals surface area contributed by atoms with E-state index in [1.807, 2.05) is 25.3 Å². The van der Waals surface area contributed by atoms with Crippen LogP contribution in [0.15, 0.2) is 47.2 Å².